The Kier molecular flexibility index (Phi) is 11.4. The van der Waals surface area contributed by atoms with Crippen LogP contribution in [0.3, 0.4) is 0 Å². The summed E-state index contributed by atoms with van der Waals surface area (Å²) < 4.78 is 13.4. The molecule has 1 aliphatic carbocycles. The van der Waals surface area contributed by atoms with E-state index in [-0.39, 0.29) is 31.1 Å². The van der Waals surface area contributed by atoms with Gasteiger partial charge in [-0.05, 0) is 76.8 Å². The minimum absolute atomic E-state index is 0.0184. The van der Waals surface area contributed by atoms with Gasteiger partial charge in [0.15, 0.2) is 6.29 Å². The molecule has 2 bridgehead atoms. The maximum absolute atomic E-state index is 12.3. The Morgan fingerprint density at radius 1 is 0.860 bits per heavy atom. The number of carbonyl (C=O) groups is 2. The van der Waals surface area contributed by atoms with Crippen LogP contribution in [0.2, 0.25) is 0 Å². The molecule has 50 heavy (non-hydrogen) atoms. The van der Waals surface area contributed by atoms with Gasteiger partial charge in [-0.25, -0.2) is 5.48 Å². The molecule has 0 spiro atoms. The zero-order valence-electron chi connectivity index (χ0n) is 29.7. The Labute approximate surface area is 296 Å². The van der Waals surface area contributed by atoms with Crippen molar-refractivity contribution in [3.05, 3.63) is 95.1 Å². The van der Waals surface area contributed by atoms with Crippen LogP contribution in [0.25, 0.3) is 11.1 Å². The number of likely N-dealkylation sites (tertiary alicyclic amines) is 1. The molecular formula is C41H53N3O6. The summed E-state index contributed by atoms with van der Waals surface area (Å²) in [6.45, 7) is 9.74. The van der Waals surface area contributed by atoms with Crippen molar-refractivity contribution in [2.45, 2.75) is 110 Å². The van der Waals surface area contributed by atoms with E-state index in [1.807, 2.05) is 24.3 Å². The fourth-order valence-corrected chi connectivity index (χ4v) is 8.69. The Morgan fingerprint density at radius 3 is 2.30 bits per heavy atom. The Bertz CT molecular complexity index is 1610. The minimum Gasteiger partial charge on any atom is -0.392 e. The molecule has 5 atom stereocenters. The minimum atomic E-state index is -0.501. The first-order valence-corrected chi connectivity index (χ1v) is 18.1. The molecule has 0 radical (unpaired) electrons. The molecular weight excluding hydrogens is 630 g/mol. The molecule has 3 aliphatic rings. The molecule has 2 amide bonds. The summed E-state index contributed by atoms with van der Waals surface area (Å²) in [5, 5.41) is 21.2. The average molecular weight is 684 g/mol. The third-order valence-electron chi connectivity index (χ3n) is 10.7. The van der Waals surface area contributed by atoms with Gasteiger partial charge in [-0.3, -0.25) is 19.7 Å². The van der Waals surface area contributed by atoms with E-state index in [2.05, 4.69) is 79.5 Å². The molecule has 1 saturated carbocycles. The highest BCUT2D eigenvalue weighted by Crippen LogP contribution is 2.53. The molecule has 9 nitrogen and oxygen atoms in total. The normalized spacial score (nSPS) is 26.0. The Balaban J connectivity index is 1.12. The molecule has 9 heteroatoms. The van der Waals surface area contributed by atoms with Crippen LogP contribution in [0, 0.1) is 10.8 Å². The van der Waals surface area contributed by atoms with Crippen LogP contribution in [0.4, 0.5) is 0 Å². The Morgan fingerprint density at radius 2 is 1.58 bits per heavy atom. The summed E-state index contributed by atoms with van der Waals surface area (Å²) in [5.74, 6) is -0.505. The van der Waals surface area contributed by atoms with E-state index in [1.54, 1.807) is 5.48 Å². The summed E-state index contributed by atoms with van der Waals surface area (Å²) in [6, 6.07) is 25.2. The smallest absolute Gasteiger partial charge is 0.243 e. The van der Waals surface area contributed by atoms with Crippen LogP contribution >= 0.6 is 0 Å². The third-order valence-corrected chi connectivity index (χ3v) is 10.7. The van der Waals surface area contributed by atoms with E-state index < -0.39 is 12.2 Å². The lowest BCUT2D eigenvalue weighted by Crippen LogP contribution is -2.42. The van der Waals surface area contributed by atoms with Crippen molar-refractivity contribution in [3.8, 4) is 11.1 Å². The van der Waals surface area contributed by atoms with Crippen molar-refractivity contribution in [1.82, 2.24) is 15.7 Å². The molecule has 2 saturated heterocycles. The molecule has 3 fully saturated rings. The van der Waals surface area contributed by atoms with Crippen molar-refractivity contribution in [2.24, 2.45) is 10.8 Å². The second-order valence-corrected chi connectivity index (χ2v) is 15.8. The van der Waals surface area contributed by atoms with E-state index in [4.69, 9.17) is 14.7 Å². The van der Waals surface area contributed by atoms with Gasteiger partial charge in [-0.15, -0.1) is 0 Å². The zero-order valence-corrected chi connectivity index (χ0v) is 29.7. The molecule has 3 aromatic rings. The first kappa shape index (κ1) is 36.2. The molecule has 6 rings (SSSR count). The summed E-state index contributed by atoms with van der Waals surface area (Å²) >= 11 is 0. The molecule has 0 aromatic heterocycles. The number of ether oxygens (including phenoxy) is 2. The quantitative estimate of drug-likeness (QED) is 0.0873. The second-order valence-electron chi connectivity index (χ2n) is 15.8. The number of hydrogen-bond acceptors (Lipinski definition) is 7. The maximum atomic E-state index is 12.3. The van der Waals surface area contributed by atoms with Gasteiger partial charge in [0.05, 0.1) is 18.8 Å². The van der Waals surface area contributed by atoms with Gasteiger partial charge in [-0.2, -0.15) is 0 Å². The van der Waals surface area contributed by atoms with Crippen LogP contribution < -0.4 is 10.8 Å². The number of nitrogens with zero attached hydrogens (tertiary/aromatic N) is 1. The monoisotopic (exact) mass is 683 g/mol. The van der Waals surface area contributed by atoms with E-state index >= 15 is 0 Å². The first-order valence-electron chi connectivity index (χ1n) is 18.1. The van der Waals surface area contributed by atoms with Crippen LogP contribution in [0.15, 0.2) is 72.8 Å². The summed E-state index contributed by atoms with van der Waals surface area (Å²) in [4.78, 5) is 26.2. The Hall–Kier alpha value is -3.60. The van der Waals surface area contributed by atoms with Gasteiger partial charge < -0.3 is 19.9 Å². The second kappa shape index (κ2) is 15.7. The van der Waals surface area contributed by atoms with Crippen LogP contribution in [-0.4, -0.2) is 52.3 Å². The van der Waals surface area contributed by atoms with Gasteiger partial charge in [0, 0.05) is 50.5 Å². The number of unbranched alkanes of at least 4 members (excludes halogenated alkanes) is 1. The lowest BCUT2D eigenvalue weighted by molar-refractivity contribution is -0.253. The van der Waals surface area contributed by atoms with Crippen molar-refractivity contribution in [1.29, 1.82) is 0 Å². The van der Waals surface area contributed by atoms with Gasteiger partial charge >= 0.3 is 0 Å². The number of benzene rings is 3. The highest BCUT2D eigenvalue weighted by Gasteiger charge is 2.50. The lowest BCUT2D eigenvalue weighted by atomic mass is 9.65. The molecule has 2 aliphatic heterocycles. The van der Waals surface area contributed by atoms with Crippen molar-refractivity contribution in [3.63, 3.8) is 0 Å². The summed E-state index contributed by atoms with van der Waals surface area (Å²) in [5.41, 5.74) is 8.41. The number of nitrogens with one attached hydrogen (secondary N) is 2. The summed E-state index contributed by atoms with van der Waals surface area (Å²) in [6.07, 6.45) is 5.58. The number of hydroxylamine groups is 1. The predicted molar refractivity (Wildman–Crippen MR) is 192 cm³/mol. The lowest BCUT2D eigenvalue weighted by Gasteiger charge is -2.41. The molecule has 3 aromatic carbocycles. The number of hydrogen-bond donors (Lipinski definition) is 4. The van der Waals surface area contributed by atoms with Gasteiger partial charge in [0.1, 0.15) is 0 Å². The highest BCUT2D eigenvalue weighted by molar-refractivity contribution is 5.76. The highest BCUT2D eigenvalue weighted by atomic mass is 16.7. The SMILES string of the molecule is CC1(C)CC2CC(C)(CN2CC2CC(c3ccc(CO)cc3)OC(c3ccc(-c4cccc(CNC(=O)CCCCC(=O)NO)c4)cc3)O2)C1. The number of aliphatic hydroxyl groups is 1. The topological polar surface area (TPSA) is 120 Å². The molecule has 5 unspecified atom stereocenters. The molecule has 2 heterocycles. The predicted octanol–water partition coefficient (Wildman–Crippen LogP) is 6.97. The summed E-state index contributed by atoms with van der Waals surface area (Å²) in [7, 11) is 0. The van der Waals surface area contributed by atoms with Gasteiger partial charge in [-0.1, -0.05) is 87.5 Å². The van der Waals surface area contributed by atoms with Crippen molar-refractivity contribution in [2.75, 3.05) is 13.1 Å². The largest absolute Gasteiger partial charge is 0.392 e. The van der Waals surface area contributed by atoms with Crippen LogP contribution in [0.5, 0.6) is 0 Å². The van der Waals surface area contributed by atoms with E-state index in [0.717, 1.165) is 52.9 Å². The van der Waals surface area contributed by atoms with Crippen LogP contribution in [-0.2, 0) is 32.2 Å². The average Bonchev–Trinajstić information content (AvgIpc) is 3.35. The van der Waals surface area contributed by atoms with E-state index in [9.17, 15) is 14.7 Å². The number of rotatable bonds is 13. The fraction of sp³-hybridized carbons (Fsp3) is 0.512. The van der Waals surface area contributed by atoms with Gasteiger partial charge in [0.25, 0.3) is 0 Å². The standard InChI is InChI=1S/C41H53N3O6/c1-40(2)21-34-22-41(3,26-40)27-44(34)24-35-20-36(31-13-11-28(25-45)12-14-31)50-39(49-35)32-17-15-30(16-18-32)33-8-6-7-29(19-33)23-42-37(46)9-4-5-10-38(47)43-48/h6-8,11-19,34-36,39,45,48H,4-5,9-10,20-27H2,1-3H3,(H,42,46)(H,43,47). The van der Waals surface area contributed by atoms with Crippen molar-refractivity contribution < 1.29 is 29.4 Å². The number of amides is 2. The van der Waals surface area contributed by atoms with Crippen LogP contribution in [0.1, 0.15) is 107 Å². The van der Waals surface area contributed by atoms with E-state index in [1.165, 1.54) is 19.3 Å². The molecule has 4 N–H and O–H groups in total. The number of aliphatic hydroxyl groups excluding tert-OH is 1. The number of fused-ring (bicyclic) bond motifs is 2. The zero-order chi connectivity index (χ0) is 35.3. The molecule has 268 valence electrons. The van der Waals surface area contributed by atoms with Gasteiger partial charge in [0.2, 0.25) is 11.8 Å². The number of carbonyl (C=O) groups excluding carboxylic acids is 2. The van der Waals surface area contributed by atoms with Crippen molar-refractivity contribution >= 4 is 11.8 Å². The first-order chi connectivity index (χ1) is 24.0. The fourth-order valence-electron chi connectivity index (χ4n) is 8.69. The maximum Gasteiger partial charge on any atom is 0.243 e. The third kappa shape index (κ3) is 9.19. The van der Waals surface area contributed by atoms with E-state index in [0.29, 0.717) is 42.7 Å².